The Morgan fingerprint density at radius 3 is 2.53 bits per heavy atom. The summed E-state index contributed by atoms with van der Waals surface area (Å²) in [6, 6.07) is 5.71. The summed E-state index contributed by atoms with van der Waals surface area (Å²) in [6.45, 7) is 0. The number of nitrogens with two attached hydrogens (primary N) is 1. The van der Waals surface area contributed by atoms with E-state index in [1.165, 1.54) is 24.3 Å². The van der Waals surface area contributed by atoms with Crippen LogP contribution in [-0.2, 0) is 19.9 Å². The van der Waals surface area contributed by atoms with Crippen LogP contribution in [0.4, 0.5) is 5.69 Å². The number of hydrogen-bond donors (Lipinski definition) is 3. The minimum absolute atomic E-state index is 0.118. The second-order valence-corrected chi connectivity index (χ2v) is 8.05. The van der Waals surface area contributed by atoms with Crippen LogP contribution in [-0.4, -0.2) is 39.2 Å². The molecule has 0 atom stereocenters. The number of oxime groups is 1. The molecule has 0 aliphatic heterocycles. The average molecular weight is 307 g/mol. The summed E-state index contributed by atoms with van der Waals surface area (Å²) in [6.07, 6.45) is 0.819. The van der Waals surface area contributed by atoms with E-state index in [1.54, 1.807) is 0 Å². The molecule has 10 heteroatoms. The molecule has 19 heavy (non-hydrogen) atoms. The van der Waals surface area contributed by atoms with Gasteiger partial charge in [-0.2, -0.15) is 0 Å². The minimum atomic E-state index is -4.02. The van der Waals surface area contributed by atoms with Crippen LogP contribution in [0.3, 0.4) is 0 Å². The number of rotatable bonds is 5. The fraction of sp³-hybridized carbons (Fsp3) is 0.222. The first kappa shape index (κ1) is 15.2. The highest BCUT2D eigenvalue weighted by Gasteiger charge is 2.18. The zero-order valence-corrected chi connectivity index (χ0v) is 11.6. The van der Waals surface area contributed by atoms with Crippen LogP contribution in [0, 0.1) is 0 Å². The molecule has 1 rings (SSSR count). The number of nitrogens with zero attached hydrogens (tertiary/aromatic N) is 1. The van der Waals surface area contributed by atoms with Gasteiger partial charge in [-0.05, 0) is 12.1 Å². The Balaban J connectivity index is 3.01. The maximum Gasteiger partial charge on any atom is 0.247 e. The monoisotopic (exact) mass is 307 g/mol. The van der Waals surface area contributed by atoms with Gasteiger partial charge in [0, 0.05) is 17.5 Å². The van der Waals surface area contributed by atoms with Gasteiger partial charge in [-0.15, -0.1) is 0 Å². The third-order valence-corrected chi connectivity index (χ3v) is 5.41. The molecule has 0 fully saturated rings. The van der Waals surface area contributed by atoms with E-state index >= 15 is 0 Å². The minimum Gasteiger partial charge on any atom is -0.409 e. The lowest BCUT2D eigenvalue weighted by molar-refractivity contribution is 0.318. The van der Waals surface area contributed by atoms with Crippen LogP contribution in [0.2, 0.25) is 0 Å². The lowest BCUT2D eigenvalue weighted by atomic mass is 10.2. The smallest absolute Gasteiger partial charge is 0.247 e. The van der Waals surface area contributed by atoms with Crippen molar-refractivity contribution in [3.63, 3.8) is 0 Å². The molecule has 1 aromatic carbocycles. The molecule has 0 aliphatic carbocycles. The van der Waals surface area contributed by atoms with Crippen LogP contribution >= 0.6 is 0 Å². The quantitative estimate of drug-likeness (QED) is 0.291. The van der Waals surface area contributed by atoms with E-state index in [0.717, 1.165) is 6.26 Å². The molecule has 0 saturated heterocycles. The maximum absolute atomic E-state index is 11.6. The molecule has 0 amide bonds. The van der Waals surface area contributed by atoms with Gasteiger partial charge in [0.05, 0.1) is 0 Å². The van der Waals surface area contributed by atoms with Crippen molar-refractivity contribution >= 4 is 31.4 Å². The van der Waals surface area contributed by atoms with E-state index in [1.807, 2.05) is 0 Å². The van der Waals surface area contributed by atoms with E-state index in [2.05, 4.69) is 9.88 Å². The standard InChI is InChI=1S/C9H13N3O5S2/c1-18(14,15)6-19(16,17)12-8-4-2-3-7(5-8)9(10)11-13/h2-5,12-13H,6H2,1H3,(H2,10,11). The van der Waals surface area contributed by atoms with Gasteiger partial charge in [0.1, 0.15) is 0 Å². The molecular weight excluding hydrogens is 294 g/mol. The Labute approximate surface area is 110 Å². The highest BCUT2D eigenvalue weighted by atomic mass is 32.3. The SMILES string of the molecule is CS(=O)(=O)CS(=O)(=O)Nc1cccc(/C(N)=N/O)c1. The predicted molar refractivity (Wildman–Crippen MR) is 71.2 cm³/mol. The molecule has 1 aromatic rings. The Kier molecular flexibility index (Phi) is 4.37. The zero-order chi connectivity index (χ0) is 14.7. The number of amidine groups is 1. The Bertz CT molecular complexity index is 694. The molecular formula is C9H13N3O5S2. The lowest BCUT2D eigenvalue weighted by Gasteiger charge is -2.08. The van der Waals surface area contributed by atoms with Gasteiger partial charge in [-0.1, -0.05) is 17.3 Å². The molecule has 0 spiro atoms. The Morgan fingerprint density at radius 1 is 1.37 bits per heavy atom. The first-order valence-electron chi connectivity index (χ1n) is 4.89. The van der Waals surface area contributed by atoms with E-state index in [9.17, 15) is 16.8 Å². The number of anilines is 1. The van der Waals surface area contributed by atoms with Crippen molar-refractivity contribution in [2.75, 3.05) is 16.1 Å². The van der Waals surface area contributed by atoms with E-state index in [-0.39, 0.29) is 11.5 Å². The van der Waals surface area contributed by atoms with Crippen molar-refractivity contribution in [1.29, 1.82) is 0 Å². The summed E-state index contributed by atoms with van der Waals surface area (Å²) in [5.74, 6) is -0.191. The number of sulfonamides is 1. The number of benzene rings is 1. The van der Waals surface area contributed by atoms with Crippen molar-refractivity contribution in [2.24, 2.45) is 10.9 Å². The molecule has 4 N–H and O–H groups in total. The number of hydrogen-bond acceptors (Lipinski definition) is 6. The normalized spacial score (nSPS) is 13.2. The summed E-state index contributed by atoms with van der Waals surface area (Å²) in [7, 11) is -7.69. The molecule has 0 heterocycles. The molecule has 0 saturated carbocycles. The molecule has 0 radical (unpaired) electrons. The maximum atomic E-state index is 11.6. The van der Waals surface area contributed by atoms with Crippen LogP contribution in [0.1, 0.15) is 5.56 Å². The van der Waals surface area contributed by atoms with Crippen LogP contribution < -0.4 is 10.5 Å². The summed E-state index contributed by atoms with van der Waals surface area (Å²) in [5, 5.41) is 10.3. The second kappa shape index (κ2) is 5.45. The van der Waals surface area contributed by atoms with Gasteiger partial charge in [-0.25, -0.2) is 16.8 Å². The molecule has 0 unspecified atom stereocenters. The van der Waals surface area contributed by atoms with Gasteiger partial charge in [-0.3, -0.25) is 4.72 Å². The van der Waals surface area contributed by atoms with Gasteiger partial charge in [0.25, 0.3) is 0 Å². The third kappa shape index (κ3) is 5.14. The van der Waals surface area contributed by atoms with Crippen molar-refractivity contribution in [2.45, 2.75) is 0 Å². The average Bonchev–Trinajstić information content (AvgIpc) is 2.24. The molecule has 106 valence electrons. The van der Waals surface area contributed by atoms with Crippen molar-refractivity contribution in [3.05, 3.63) is 29.8 Å². The van der Waals surface area contributed by atoms with Crippen molar-refractivity contribution in [1.82, 2.24) is 0 Å². The second-order valence-electron chi connectivity index (χ2n) is 3.83. The molecule has 8 nitrogen and oxygen atoms in total. The van der Waals surface area contributed by atoms with Gasteiger partial charge >= 0.3 is 0 Å². The van der Waals surface area contributed by atoms with E-state index in [0.29, 0.717) is 5.56 Å². The topological polar surface area (TPSA) is 139 Å². The molecule has 0 aromatic heterocycles. The molecule has 0 aliphatic rings. The van der Waals surface area contributed by atoms with Crippen LogP contribution in [0.25, 0.3) is 0 Å². The Morgan fingerprint density at radius 2 is 2.00 bits per heavy atom. The first-order chi connectivity index (χ1) is 8.63. The first-order valence-corrected chi connectivity index (χ1v) is 8.60. The number of nitrogens with one attached hydrogen (secondary N) is 1. The summed E-state index contributed by atoms with van der Waals surface area (Å²) >= 11 is 0. The molecule has 0 bridgehead atoms. The van der Waals surface area contributed by atoms with Crippen molar-refractivity contribution in [3.8, 4) is 0 Å². The van der Waals surface area contributed by atoms with Gasteiger partial charge in [0.15, 0.2) is 20.8 Å². The van der Waals surface area contributed by atoms with Gasteiger partial charge < -0.3 is 10.9 Å². The summed E-state index contributed by atoms with van der Waals surface area (Å²) < 4.78 is 47.2. The lowest BCUT2D eigenvalue weighted by Crippen LogP contribution is -2.22. The van der Waals surface area contributed by atoms with Crippen LogP contribution in [0.15, 0.2) is 29.4 Å². The van der Waals surface area contributed by atoms with E-state index in [4.69, 9.17) is 10.9 Å². The number of sulfone groups is 1. The highest BCUT2D eigenvalue weighted by Crippen LogP contribution is 2.13. The Hall–Kier alpha value is -1.81. The third-order valence-electron chi connectivity index (χ3n) is 1.91. The van der Waals surface area contributed by atoms with Gasteiger partial charge in [0.2, 0.25) is 10.0 Å². The predicted octanol–water partition coefficient (Wildman–Crippen LogP) is -0.475. The summed E-state index contributed by atoms with van der Waals surface area (Å²) in [4.78, 5) is 0. The fourth-order valence-corrected chi connectivity index (χ4v) is 4.27. The van der Waals surface area contributed by atoms with Crippen molar-refractivity contribution < 1.29 is 22.0 Å². The largest absolute Gasteiger partial charge is 0.409 e. The van der Waals surface area contributed by atoms with Crippen LogP contribution in [0.5, 0.6) is 0 Å². The van der Waals surface area contributed by atoms with E-state index < -0.39 is 24.9 Å². The zero-order valence-electron chi connectivity index (χ0n) is 9.94. The highest BCUT2D eigenvalue weighted by molar-refractivity contribution is 8.08. The fourth-order valence-electron chi connectivity index (χ4n) is 1.29. The summed E-state index contributed by atoms with van der Waals surface area (Å²) in [5.41, 5.74) is 5.77.